The number of ether oxygens (including phenoxy) is 1. The molecule has 25 heavy (non-hydrogen) atoms. The van der Waals surface area contributed by atoms with Gasteiger partial charge < -0.3 is 15.4 Å². The van der Waals surface area contributed by atoms with Crippen molar-refractivity contribution in [1.29, 1.82) is 0 Å². The van der Waals surface area contributed by atoms with Crippen molar-refractivity contribution in [3.8, 4) is 5.75 Å². The summed E-state index contributed by atoms with van der Waals surface area (Å²) < 4.78 is 31.9. The number of amides is 1. The van der Waals surface area contributed by atoms with Crippen LogP contribution in [0.2, 0.25) is 0 Å². The SMILES string of the molecule is COc1ccc(CNC(=O)[C@@H](C)[NH2+][C@@H](C)c2ccc(F)cc2F)cc1. The van der Waals surface area contributed by atoms with Gasteiger partial charge in [0.2, 0.25) is 0 Å². The van der Waals surface area contributed by atoms with Crippen LogP contribution in [-0.4, -0.2) is 19.1 Å². The van der Waals surface area contributed by atoms with Gasteiger partial charge in [0.05, 0.1) is 7.11 Å². The van der Waals surface area contributed by atoms with Crippen LogP contribution in [0.3, 0.4) is 0 Å². The Hall–Kier alpha value is -2.47. The minimum Gasteiger partial charge on any atom is -0.497 e. The fourth-order valence-corrected chi connectivity index (χ4v) is 2.59. The van der Waals surface area contributed by atoms with Gasteiger partial charge in [-0.1, -0.05) is 12.1 Å². The summed E-state index contributed by atoms with van der Waals surface area (Å²) in [5.41, 5.74) is 1.33. The van der Waals surface area contributed by atoms with Gasteiger partial charge in [-0.25, -0.2) is 8.78 Å². The van der Waals surface area contributed by atoms with Crippen LogP contribution in [0.15, 0.2) is 42.5 Å². The van der Waals surface area contributed by atoms with E-state index in [1.54, 1.807) is 26.3 Å². The molecule has 2 aromatic carbocycles. The number of hydrogen-bond donors (Lipinski definition) is 2. The molecule has 2 atom stereocenters. The minimum atomic E-state index is -0.612. The monoisotopic (exact) mass is 349 g/mol. The minimum absolute atomic E-state index is 0.148. The van der Waals surface area contributed by atoms with Crippen molar-refractivity contribution < 1.29 is 23.6 Å². The summed E-state index contributed by atoms with van der Waals surface area (Å²) in [6.45, 7) is 3.94. The number of methoxy groups -OCH3 is 1. The first-order valence-corrected chi connectivity index (χ1v) is 8.11. The Labute approximate surface area is 146 Å². The van der Waals surface area contributed by atoms with Gasteiger partial charge in [0.25, 0.3) is 5.91 Å². The summed E-state index contributed by atoms with van der Waals surface area (Å²) in [5, 5.41) is 4.60. The lowest BCUT2D eigenvalue weighted by molar-refractivity contribution is -0.710. The van der Waals surface area contributed by atoms with Gasteiger partial charge in [0.1, 0.15) is 23.4 Å². The standard InChI is InChI=1S/C19H22F2N2O2/c1-12(17-9-6-15(20)10-18(17)21)23-13(2)19(24)22-11-14-4-7-16(25-3)8-5-14/h4-10,12-13,23H,11H2,1-3H3,(H,22,24)/p+1/t12-,13+/m0/s1. The van der Waals surface area contributed by atoms with Crippen LogP contribution in [0.4, 0.5) is 8.78 Å². The van der Waals surface area contributed by atoms with E-state index in [9.17, 15) is 13.6 Å². The van der Waals surface area contributed by atoms with E-state index in [0.717, 1.165) is 17.4 Å². The summed E-state index contributed by atoms with van der Waals surface area (Å²) >= 11 is 0. The third-order valence-electron chi connectivity index (χ3n) is 4.07. The number of rotatable bonds is 7. The van der Waals surface area contributed by atoms with Crippen LogP contribution in [-0.2, 0) is 11.3 Å². The van der Waals surface area contributed by atoms with E-state index < -0.39 is 17.7 Å². The Morgan fingerprint density at radius 3 is 2.44 bits per heavy atom. The third kappa shape index (κ3) is 5.26. The zero-order valence-corrected chi connectivity index (χ0v) is 14.6. The molecule has 0 aliphatic heterocycles. The van der Waals surface area contributed by atoms with Crippen LogP contribution < -0.4 is 15.4 Å². The first-order chi connectivity index (χ1) is 11.9. The summed E-state index contributed by atoms with van der Waals surface area (Å²) in [6, 6.07) is 10.2. The molecule has 4 nitrogen and oxygen atoms in total. The van der Waals surface area contributed by atoms with Gasteiger partial charge in [0, 0.05) is 18.2 Å². The maximum absolute atomic E-state index is 13.8. The van der Waals surface area contributed by atoms with Crippen LogP contribution in [0.1, 0.15) is 31.0 Å². The van der Waals surface area contributed by atoms with E-state index in [-0.39, 0.29) is 11.9 Å². The molecule has 0 spiro atoms. The Kier molecular flexibility index (Phi) is 6.47. The topological polar surface area (TPSA) is 54.9 Å². The zero-order chi connectivity index (χ0) is 18.4. The van der Waals surface area contributed by atoms with Crippen molar-refractivity contribution in [2.45, 2.75) is 32.5 Å². The zero-order valence-electron chi connectivity index (χ0n) is 14.6. The lowest BCUT2D eigenvalue weighted by Crippen LogP contribution is -2.92. The number of hydrogen-bond acceptors (Lipinski definition) is 2. The second kappa shape index (κ2) is 8.58. The van der Waals surface area contributed by atoms with Crippen molar-refractivity contribution in [2.24, 2.45) is 0 Å². The Balaban J connectivity index is 1.88. The molecule has 0 radical (unpaired) electrons. The molecule has 0 unspecified atom stereocenters. The molecule has 2 rings (SSSR count). The van der Waals surface area contributed by atoms with E-state index >= 15 is 0 Å². The summed E-state index contributed by atoms with van der Waals surface area (Å²) in [6.07, 6.45) is 0. The maximum Gasteiger partial charge on any atom is 0.278 e. The first kappa shape index (κ1) is 18.9. The van der Waals surface area contributed by atoms with Crippen LogP contribution in [0, 0.1) is 11.6 Å². The van der Waals surface area contributed by atoms with E-state index in [1.165, 1.54) is 12.1 Å². The van der Waals surface area contributed by atoms with E-state index in [4.69, 9.17) is 4.74 Å². The average molecular weight is 349 g/mol. The largest absolute Gasteiger partial charge is 0.497 e. The molecular formula is C19H23F2N2O2+. The summed E-state index contributed by atoms with van der Waals surface area (Å²) in [5.74, 6) is -0.606. The highest BCUT2D eigenvalue weighted by Gasteiger charge is 2.22. The van der Waals surface area contributed by atoms with Crippen molar-refractivity contribution >= 4 is 5.91 Å². The van der Waals surface area contributed by atoms with Gasteiger partial charge in [0.15, 0.2) is 6.04 Å². The lowest BCUT2D eigenvalue weighted by atomic mass is 10.1. The normalized spacial score (nSPS) is 13.2. The fraction of sp³-hybridized carbons (Fsp3) is 0.316. The Morgan fingerprint density at radius 1 is 1.16 bits per heavy atom. The predicted molar refractivity (Wildman–Crippen MR) is 91.0 cm³/mol. The van der Waals surface area contributed by atoms with Gasteiger partial charge in [-0.2, -0.15) is 0 Å². The molecule has 0 saturated carbocycles. The molecule has 0 aliphatic rings. The third-order valence-corrected chi connectivity index (χ3v) is 4.07. The highest BCUT2D eigenvalue weighted by Crippen LogP contribution is 2.15. The second-order valence-corrected chi connectivity index (χ2v) is 6.00. The number of carbonyl (C=O) groups is 1. The number of halogens is 2. The summed E-state index contributed by atoms with van der Waals surface area (Å²) in [4.78, 5) is 12.2. The molecule has 6 heteroatoms. The molecule has 0 fully saturated rings. The van der Waals surface area contributed by atoms with Crippen molar-refractivity contribution in [3.05, 3.63) is 65.2 Å². The van der Waals surface area contributed by atoms with Crippen LogP contribution in [0.25, 0.3) is 0 Å². The Morgan fingerprint density at radius 2 is 1.84 bits per heavy atom. The quantitative estimate of drug-likeness (QED) is 0.806. The molecule has 134 valence electrons. The highest BCUT2D eigenvalue weighted by molar-refractivity contribution is 5.79. The predicted octanol–water partition coefficient (Wildman–Crippen LogP) is 2.30. The second-order valence-electron chi connectivity index (χ2n) is 6.00. The molecule has 0 aromatic heterocycles. The molecule has 2 aromatic rings. The number of benzene rings is 2. The number of quaternary nitrogens is 1. The van der Waals surface area contributed by atoms with Crippen molar-refractivity contribution in [2.75, 3.05) is 7.11 Å². The molecule has 0 saturated heterocycles. The molecular weight excluding hydrogens is 326 g/mol. The van der Waals surface area contributed by atoms with Gasteiger partial charge >= 0.3 is 0 Å². The molecule has 0 heterocycles. The van der Waals surface area contributed by atoms with Gasteiger partial charge in [-0.3, -0.25) is 4.79 Å². The molecule has 0 aliphatic carbocycles. The van der Waals surface area contributed by atoms with E-state index in [2.05, 4.69) is 5.32 Å². The molecule has 1 amide bonds. The van der Waals surface area contributed by atoms with E-state index in [1.807, 2.05) is 24.3 Å². The van der Waals surface area contributed by atoms with Gasteiger partial charge in [-0.05, 0) is 43.7 Å². The Bertz CT molecular complexity index is 720. The fourth-order valence-electron chi connectivity index (χ4n) is 2.59. The average Bonchev–Trinajstić information content (AvgIpc) is 2.59. The highest BCUT2D eigenvalue weighted by atomic mass is 19.1. The maximum atomic E-state index is 13.8. The van der Waals surface area contributed by atoms with Crippen molar-refractivity contribution in [1.82, 2.24) is 5.32 Å². The van der Waals surface area contributed by atoms with Crippen LogP contribution >= 0.6 is 0 Å². The smallest absolute Gasteiger partial charge is 0.278 e. The number of carbonyl (C=O) groups excluding carboxylic acids is 1. The van der Waals surface area contributed by atoms with Crippen LogP contribution in [0.5, 0.6) is 5.75 Å². The summed E-state index contributed by atoms with van der Waals surface area (Å²) in [7, 11) is 1.60. The molecule has 0 bridgehead atoms. The molecule has 3 N–H and O–H groups in total. The van der Waals surface area contributed by atoms with Crippen molar-refractivity contribution in [3.63, 3.8) is 0 Å². The van der Waals surface area contributed by atoms with Gasteiger partial charge in [-0.15, -0.1) is 0 Å². The lowest BCUT2D eigenvalue weighted by Gasteiger charge is -2.17. The van der Waals surface area contributed by atoms with E-state index in [0.29, 0.717) is 12.1 Å². The number of nitrogens with one attached hydrogen (secondary N) is 1. The first-order valence-electron chi connectivity index (χ1n) is 8.11. The number of nitrogens with two attached hydrogens (primary N) is 1.